The standard InChI is InChI=1S/C21H24BrNO3/c1-16-12-13-19(18(22)15-16)23-20(24)10-5-11-21(25)26-14-6-9-17-7-3-2-4-8-17/h2-4,7-8,12-13,15H,5-6,9-11,14H2,1H3,(H,23,24). The molecule has 2 aromatic carbocycles. The zero-order valence-corrected chi connectivity index (χ0v) is 16.6. The zero-order chi connectivity index (χ0) is 18.8. The molecule has 0 aliphatic rings. The Kier molecular flexibility index (Phi) is 8.35. The normalized spacial score (nSPS) is 10.4. The summed E-state index contributed by atoms with van der Waals surface area (Å²) in [7, 11) is 0. The number of hydrogen-bond donors (Lipinski definition) is 1. The SMILES string of the molecule is Cc1ccc(NC(=O)CCCC(=O)OCCCc2ccccc2)c(Br)c1. The summed E-state index contributed by atoms with van der Waals surface area (Å²) in [6.45, 7) is 2.40. The highest BCUT2D eigenvalue weighted by Crippen LogP contribution is 2.23. The van der Waals surface area contributed by atoms with E-state index in [1.807, 2.05) is 43.3 Å². The van der Waals surface area contributed by atoms with E-state index in [0.717, 1.165) is 28.6 Å². The van der Waals surface area contributed by atoms with Gasteiger partial charge in [0.25, 0.3) is 0 Å². The Hall–Kier alpha value is -2.14. The van der Waals surface area contributed by atoms with Gasteiger partial charge < -0.3 is 10.1 Å². The first-order valence-electron chi connectivity index (χ1n) is 8.80. The minimum absolute atomic E-state index is 0.105. The number of amides is 1. The Bertz CT molecular complexity index is 731. The van der Waals surface area contributed by atoms with E-state index in [1.54, 1.807) is 0 Å². The van der Waals surface area contributed by atoms with Gasteiger partial charge in [0.1, 0.15) is 0 Å². The molecule has 1 amide bonds. The molecule has 0 unspecified atom stereocenters. The number of esters is 1. The van der Waals surface area contributed by atoms with Gasteiger partial charge >= 0.3 is 5.97 Å². The van der Waals surface area contributed by atoms with Crippen LogP contribution in [0.4, 0.5) is 5.69 Å². The highest BCUT2D eigenvalue weighted by Gasteiger charge is 2.08. The summed E-state index contributed by atoms with van der Waals surface area (Å²) in [4.78, 5) is 23.7. The van der Waals surface area contributed by atoms with E-state index in [0.29, 0.717) is 19.4 Å². The molecular weight excluding hydrogens is 394 g/mol. The van der Waals surface area contributed by atoms with Crippen molar-refractivity contribution < 1.29 is 14.3 Å². The second kappa shape index (κ2) is 10.8. The molecule has 0 heterocycles. The van der Waals surface area contributed by atoms with Gasteiger partial charge in [0, 0.05) is 17.3 Å². The zero-order valence-electron chi connectivity index (χ0n) is 15.0. The van der Waals surface area contributed by atoms with Crippen molar-refractivity contribution in [2.45, 2.75) is 39.0 Å². The van der Waals surface area contributed by atoms with Crippen LogP contribution >= 0.6 is 15.9 Å². The Morgan fingerprint density at radius 1 is 1.04 bits per heavy atom. The van der Waals surface area contributed by atoms with Gasteiger partial charge in [0.2, 0.25) is 5.91 Å². The first-order chi connectivity index (χ1) is 12.5. The first kappa shape index (κ1) is 20.2. The van der Waals surface area contributed by atoms with Crippen LogP contribution in [0, 0.1) is 6.92 Å². The summed E-state index contributed by atoms with van der Waals surface area (Å²) in [6.07, 6.45) is 2.72. The minimum atomic E-state index is -0.248. The molecule has 1 N–H and O–H groups in total. The number of rotatable bonds is 9. The molecule has 0 saturated heterocycles. The van der Waals surface area contributed by atoms with Crippen molar-refractivity contribution in [3.63, 3.8) is 0 Å². The second-order valence-corrected chi connectivity index (χ2v) is 7.05. The van der Waals surface area contributed by atoms with E-state index in [1.165, 1.54) is 5.56 Å². The van der Waals surface area contributed by atoms with Crippen molar-refractivity contribution in [3.8, 4) is 0 Å². The monoisotopic (exact) mass is 417 g/mol. The van der Waals surface area contributed by atoms with Gasteiger partial charge in [-0.15, -0.1) is 0 Å². The van der Waals surface area contributed by atoms with Gasteiger partial charge in [-0.25, -0.2) is 0 Å². The van der Waals surface area contributed by atoms with Crippen molar-refractivity contribution in [2.75, 3.05) is 11.9 Å². The minimum Gasteiger partial charge on any atom is -0.466 e. The molecule has 0 spiro atoms. The van der Waals surface area contributed by atoms with Crippen LogP contribution in [-0.4, -0.2) is 18.5 Å². The van der Waals surface area contributed by atoms with Crippen LogP contribution in [0.2, 0.25) is 0 Å². The van der Waals surface area contributed by atoms with E-state index in [4.69, 9.17) is 4.74 Å². The van der Waals surface area contributed by atoms with Crippen LogP contribution in [0.3, 0.4) is 0 Å². The molecular formula is C21H24BrNO3. The Balaban J connectivity index is 1.58. The Labute approximate surface area is 163 Å². The van der Waals surface area contributed by atoms with E-state index in [2.05, 4.69) is 33.4 Å². The number of benzene rings is 2. The lowest BCUT2D eigenvalue weighted by Crippen LogP contribution is -2.13. The van der Waals surface area contributed by atoms with Crippen molar-refractivity contribution >= 4 is 33.5 Å². The maximum Gasteiger partial charge on any atom is 0.305 e. The van der Waals surface area contributed by atoms with Gasteiger partial charge in [0.15, 0.2) is 0 Å². The Morgan fingerprint density at radius 3 is 2.54 bits per heavy atom. The summed E-state index contributed by atoms with van der Waals surface area (Å²) >= 11 is 3.43. The van der Waals surface area contributed by atoms with Gasteiger partial charge in [-0.1, -0.05) is 36.4 Å². The Morgan fingerprint density at radius 2 is 1.81 bits per heavy atom. The molecule has 4 nitrogen and oxygen atoms in total. The second-order valence-electron chi connectivity index (χ2n) is 6.19. The van der Waals surface area contributed by atoms with E-state index in [-0.39, 0.29) is 18.3 Å². The molecule has 0 fully saturated rings. The number of ether oxygens (including phenoxy) is 1. The van der Waals surface area contributed by atoms with Crippen molar-refractivity contribution in [3.05, 3.63) is 64.1 Å². The molecule has 2 aromatic rings. The van der Waals surface area contributed by atoms with Crippen LogP contribution in [0.25, 0.3) is 0 Å². The predicted octanol–water partition coefficient (Wildman–Crippen LogP) is 5.04. The molecule has 138 valence electrons. The summed E-state index contributed by atoms with van der Waals surface area (Å²) in [5.74, 6) is -0.353. The predicted molar refractivity (Wildman–Crippen MR) is 107 cm³/mol. The quantitative estimate of drug-likeness (QED) is 0.459. The fraction of sp³-hybridized carbons (Fsp3) is 0.333. The van der Waals surface area contributed by atoms with E-state index in [9.17, 15) is 9.59 Å². The smallest absolute Gasteiger partial charge is 0.305 e. The lowest BCUT2D eigenvalue weighted by atomic mass is 10.1. The lowest BCUT2D eigenvalue weighted by molar-refractivity contribution is -0.143. The van der Waals surface area contributed by atoms with Gasteiger partial charge in [0.05, 0.1) is 12.3 Å². The fourth-order valence-electron chi connectivity index (χ4n) is 2.51. The van der Waals surface area contributed by atoms with Crippen molar-refractivity contribution in [1.82, 2.24) is 0 Å². The number of halogens is 1. The number of aryl methyl sites for hydroxylation is 2. The third-order valence-corrected chi connectivity index (χ3v) is 4.56. The number of hydrogen-bond acceptors (Lipinski definition) is 3. The average Bonchev–Trinajstić information content (AvgIpc) is 2.62. The lowest BCUT2D eigenvalue weighted by Gasteiger charge is -2.08. The van der Waals surface area contributed by atoms with Crippen LogP contribution in [0.1, 0.15) is 36.8 Å². The summed E-state index contributed by atoms with van der Waals surface area (Å²) in [6, 6.07) is 15.9. The van der Waals surface area contributed by atoms with Crippen molar-refractivity contribution in [2.24, 2.45) is 0 Å². The van der Waals surface area contributed by atoms with Crippen LogP contribution < -0.4 is 5.32 Å². The number of carbonyl (C=O) groups excluding carboxylic acids is 2. The largest absolute Gasteiger partial charge is 0.466 e. The average molecular weight is 418 g/mol. The van der Waals surface area contributed by atoms with Crippen LogP contribution in [-0.2, 0) is 20.7 Å². The van der Waals surface area contributed by atoms with Gasteiger partial charge in [-0.05, 0) is 65.4 Å². The van der Waals surface area contributed by atoms with Crippen LogP contribution in [0.5, 0.6) is 0 Å². The highest BCUT2D eigenvalue weighted by atomic mass is 79.9. The van der Waals surface area contributed by atoms with E-state index >= 15 is 0 Å². The molecule has 0 aliphatic carbocycles. The summed E-state index contributed by atoms with van der Waals surface area (Å²) in [5.41, 5.74) is 3.09. The molecule has 0 saturated carbocycles. The first-order valence-corrected chi connectivity index (χ1v) is 9.59. The molecule has 0 aromatic heterocycles. The molecule has 2 rings (SSSR count). The molecule has 5 heteroatoms. The molecule has 0 aliphatic heterocycles. The number of nitrogens with one attached hydrogen (secondary N) is 1. The van der Waals surface area contributed by atoms with Gasteiger partial charge in [-0.2, -0.15) is 0 Å². The van der Waals surface area contributed by atoms with Crippen molar-refractivity contribution in [1.29, 1.82) is 0 Å². The van der Waals surface area contributed by atoms with E-state index < -0.39 is 0 Å². The topological polar surface area (TPSA) is 55.4 Å². The number of anilines is 1. The van der Waals surface area contributed by atoms with Crippen LogP contribution in [0.15, 0.2) is 53.0 Å². The third kappa shape index (κ3) is 7.40. The summed E-state index contributed by atoms with van der Waals surface area (Å²) in [5, 5.41) is 2.84. The maximum absolute atomic E-state index is 12.0. The summed E-state index contributed by atoms with van der Waals surface area (Å²) < 4.78 is 6.07. The molecule has 26 heavy (non-hydrogen) atoms. The maximum atomic E-state index is 12.0. The third-order valence-electron chi connectivity index (χ3n) is 3.90. The molecule has 0 radical (unpaired) electrons. The fourth-order valence-corrected chi connectivity index (χ4v) is 3.10. The highest BCUT2D eigenvalue weighted by molar-refractivity contribution is 9.10. The number of carbonyl (C=O) groups is 2. The molecule has 0 atom stereocenters. The van der Waals surface area contributed by atoms with Gasteiger partial charge in [-0.3, -0.25) is 9.59 Å². The molecule has 0 bridgehead atoms.